The van der Waals surface area contributed by atoms with Crippen LogP contribution in [0.25, 0.3) is 6.08 Å². The fourth-order valence-corrected chi connectivity index (χ4v) is 4.52. The summed E-state index contributed by atoms with van der Waals surface area (Å²) >= 11 is 0. The van der Waals surface area contributed by atoms with Gasteiger partial charge in [-0.3, -0.25) is 19.5 Å². The Hall–Kier alpha value is -3.77. The van der Waals surface area contributed by atoms with E-state index in [1.807, 2.05) is 77.7 Å². The maximum Gasteiger partial charge on any atom is 0.243 e. The summed E-state index contributed by atoms with van der Waals surface area (Å²) in [4.78, 5) is 33.9. The van der Waals surface area contributed by atoms with Crippen LogP contribution in [-0.2, 0) is 9.59 Å². The Morgan fingerprint density at radius 1 is 0.917 bits per heavy atom. The zero-order chi connectivity index (χ0) is 25.0. The first kappa shape index (κ1) is 25.3. The van der Waals surface area contributed by atoms with E-state index in [0.717, 1.165) is 62.3 Å². The van der Waals surface area contributed by atoms with Crippen LogP contribution in [0.1, 0.15) is 31.2 Å². The van der Waals surface area contributed by atoms with Crippen molar-refractivity contribution in [3.63, 3.8) is 0 Å². The van der Waals surface area contributed by atoms with E-state index in [1.54, 1.807) is 24.5 Å². The Morgan fingerprint density at radius 3 is 2.19 bits per heavy atom. The monoisotopic (exact) mass is 482 g/mol. The predicted molar refractivity (Wildman–Crippen MR) is 145 cm³/mol. The van der Waals surface area contributed by atoms with E-state index in [9.17, 15) is 9.59 Å². The number of nitrogens with one attached hydrogen (secondary N) is 1. The van der Waals surface area contributed by atoms with Crippen LogP contribution in [-0.4, -0.2) is 47.9 Å². The number of likely N-dealkylation sites (tertiary alicyclic amines) is 1. The summed E-state index contributed by atoms with van der Waals surface area (Å²) in [6.45, 7) is 3.50. The highest BCUT2D eigenvalue weighted by Crippen LogP contribution is 2.30. The van der Waals surface area contributed by atoms with Gasteiger partial charge in [-0.05, 0) is 87.3 Å². The van der Waals surface area contributed by atoms with Crippen molar-refractivity contribution in [1.82, 2.24) is 15.2 Å². The van der Waals surface area contributed by atoms with Gasteiger partial charge in [0.1, 0.15) is 0 Å². The molecule has 1 saturated heterocycles. The number of para-hydroxylation sites is 2. The molecule has 4 rings (SSSR count). The molecule has 0 unspecified atom stereocenters. The maximum atomic E-state index is 13.6. The third kappa shape index (κ3) is 7.36. The summed E-state index contributed by atoms with van der Waals surface area (Å²) in [6, 6.07) is 23.6. The second-order valence-corrected chi connectivity index (χ2v) is 9.08. The number of pyridine rings is 1. The zero-order valence-electron chi connectivity index (χ0n) is 20.6. The molecule has 1 fully saturated rings. The Bertz CT molecular complexity index is 1070. The molecule has 1 aliphatic heterocycles. The van der Waals surface area contributed by atoms with Gasteiger partial charge in [0, 0.05) is 42.3 Å². The number of nitrogens with zero attached hydrogens (tertiary/aromatic N) is 3. The highest BCUT2D eigenvalue weighted by molar-refractivity contribution is 6.01. The highest BCUT2D eigenvalue weighted by atomic mass is 16.2. The van der Waals surface area contributed by atoms with Crippen LogP contribution < -0.4 is 10.2 Å². The molecule has 0 saturated carbocycles. The lowest BCUT2D eigenvalue weighted by molar-refractivity contribution is -0.123. The first-order valence-corrected chi connectivity index (χ1v) is 12.7. The maximum absolute atomic E-state index is 13.6. The molecule has 3 aromatic rings. The lowest BCUT2D eigenvalue weighted by Crippen LogP contribution is -2.41. The van der Waals surface area contributed by atoms with Gasteiger partial charge in [0.15, 0.2) is 0 Å². The number of hydrogen-bond donors (Lipinski definition) is 1. The SMILES string of the molecule is O=C(/C=C\c1cccnc1)NCCCCN1CCC(C(=O)N(c2ccccc2)c2ccccc2)CC1. The molecule has 0 aliphatic carbocycles. The Labute approximate surface area is 213 Å². The van der Waals surface area contributed by atoms with Gasteiger partial charge in [0.25, 0.3) is 0 Å². The molecule has 2 amide bonds. The van der Waals surface area contributed by atoms with Crippen molar-refractivity contribution in [2.45, 2.75) is 25.7 Å². The number of amides is 2. The van der Waals surface area contributed by atoms with Gasteiger partial charge in [-0.15, -0.1) is 0 Å². The number of carbonyl (C=O) groups excluding carboxylic acids is 2. The number of carbonyl (C=O) groups is 2. The van der Waals surface area contributed by atoms with Crippen LogP contribution in [0.15, 0.2) is 91.3 Å². The molecule has 0 atom stereocenters. The van der Waals surface area contributed by atoms with Crippen LogP contribution in [0.5, 0.6) is 0 Å². The minimum absolute atomic E-state index is 0.0209. The average Bonchev–Trinajstić information content (AvgIpc) is 2.94. The molecule has 2 aromatic carbocycles. The molecular weight excluding hydrogens is 448 g/mol. The minimum atomic E-state index is -0.0837. The van der Waals surface area contributed by atoms with Crippen molar-refractivity contribution in [2.75, 3.05) is 31.1 Å². The van der Waals surface area contributed by atoms with Gasteiger partial charge in [0.2, 0.25) is 11.8 Å². The molecule has 6 heteroatoms. The Morgan fingerprint density at radius 2 is 1.58 bits per heavy atom. The Kier molecular flexibility index (Phi) is 9.39. The van der Waals surface area contributed by atoms with Crippen molar-refractivity contribution in [1.29, 1.82) is 0 Å². The molecule has 0 bridgehead atoms. The number of hydrogen-bond acceptors (Lipinski definition) is 4. The Balaban J connectivity index is 1.19. The van der Waals surface area contributed by atoms with Gasteiger partial charge < -0.3 is 10.2 Å². The number of piperidine rings is 1. The summed E-state index contributed by atoms with van der Waals surface area (Å²) in [6.07, 6.45) is 10.4. The average molecular weight is 483 g/mol. The van der Waals surface area contributed by atoms with Crippen molar-refractivity contribution in [2.24, 2.45) is 5.92 Å². The van der Waals surface area contributed by atoms with E-state index < -0.39 is 0 Å². The van der Waals surface area contributed by atoms with Gasteiger partial charge in [-0.1, -0.05) is 42.5 Å². The predicted octanol–water partition coefficient (Wildman–Crippen LogP) is 5.07. The van der Waals surface area contributed by atoms with Gasteiger partial charge >= 0.3 is 0 Å². The van der Waals surface area contributed by atoms with Crippen LogP contribution in [0.4, 0.5) is 11.4 Å². The van der Waals surface area contributed by atoms with Crippen molar-refractivity contribution >= 4 is 29.3 Å². The lowest BCUT2D eigenvalue weighted by Gasteiger charge is -2.34. The third-order valence-electron chi connectivity index (χ3n) is 6.50. The second-order valence-electron chi connectivity index (χ2n) is 9.08. The fraction of sp³-hybridized carbons (Fsp3) is 0.300. The highest BCUT2D eigenvalue weighted by Gasteiger charge is 2.30. The van der Waals surface area contributed by atoms with Gasteiger partial charge in [-0.2, -0.15) is 0 Å². The first-order valence-electron chi connectivity index (χ1n) is 12.7. The van der Waals surface area contributed by atoms with Gasteiger partial charge in [0.05, 0.1) is 0 Å². The molecule has 1 N–H and O–H groups in total. The number of benzene rings is 2. The third-order valence-corrected chi connectivity index (χ3v) is 6.50. The molecule has 0 spiro atoms. The zero-order valence-corrected chi connectivity index (χ0v) is 20.6. The molecule has 1 aromatic heterocycles. The molecule has 186 valence electrons. The standard InChI is InChI=1S/C30H34N4O2/c35-29(16-15-25-10-9-19-31-24-25)32-20-7-8-21-33-22-17-26(18-23-33)30(36)34(27-11-3-1-4-12-27)28-13-5-2-6-14-28/h1-6,9-16,19,24,26H,7-8,17-18,20-23H2,(H,32,35)/b16-15-. The summed E-state index contributed by atoms with van der Waals surface area (Å²) in [5.41, 5.74) is 2.73. The minimum Gasteiger partial charge on any atom is -0.353 e. The number of anilines is 2. The first-order chi connectivity index (χ1) is 17.7. The van der Waals surface area contributed by atoms with Gasteiger partial charge in [-0.25, -0.2) is 0 Å². The van der Waals surface area contributed by atoms with Crippen molar-refractivity contribution in [3.05, 3.63) is 96.8 Å². The second kappa shape index (κ2) is 13.4. The van der Waals surface area contributed by atoms with Crippen LogP contribution in [0.2, 0.25) is 0 Å². The normalized spacial score (nSPS) is 14.6. The van der Waals surface area contributed by atoms with Crippen LogP contribution in [0, 0.1) is 5.92 Å². The largest absolute Gasteiger partial charge is 0.353 e. The fourth-order valence-electron chi connectivity index (χ4n) is 4.52. The number of rotatable bonds is 10. The molecular formula is C30H34N4O2. The van der Waals surface area contributed by atoms with E-state index in [0.29, 0.717) is 6.54 Å². The van der Waals surface area contributed by atoms with E-state index in [2.05, 4.69) is 15.2 Å². The molecule has 36 heavy (non-hydrogen) atoms. The summed E-state index contributed by atoms with van der Waals surface area (Å²) < 4.78 is 0. The van der Waals surface area contributed by atoms with E-state index in [-0.39, 0.29) is 17.7 Å². The van der Waals surface area contributed by atoms with Crippen molar-refractivity contribution < 1.29 is 9.59 Å². The van der Waals surface area contributed by atoms with Crippen LogP contribution >= 0.6 is 0 Å². The summed E-state index contributed by atoms with van der Waals surface area (Å²) in [5, 5.41) is 2.94. The van der Waals surface area contributed by atoms with E-state index in [1.165, 1.54) is 0 Å². The summed E-state index contributed by atoms with van der Waals surface area (Å²) in [7, 11) is 0. The quantitative estimate of drug-likeness (QED) is 0.324. The molecule has 1 aliphatic rings. The molecule has 6 nitrogen and oxygen atoms in total. The summed E-state index contributed by atoms with van der Waals surface area (Å²) in [5.74, 6) is 0.112. The van der Waals surface area contributed by atoms with Crippen LogP contribution in [0.3, 0.4) is 0 Å². The molecule has 2 heterocycles. The molecule has 0 radical (unpaired) electrons. The topological polar surface area (TPSA) is 65.5 Å². The number of aromatic nitrogens is 1. The number of unbranched alkanes of at least 4 members (excludes halogenated alkanes) is 1. The smallest absolute Gasteiger partial charge is 0.243 e. The van der Waals surface area contributed by atoms with E-state index >= 15 is 0 Å². The lowest BCUT2D eigenvalue weighted by atomic mass is 9.94. The van der Waals surface area contributed by atoms with E-state index in [4.69, 9.17) is 0 Å². The van der Waals surface area contributed by atoms with Crippen molar-refractivity contribution in [3.8, 4) is 0 Å².